The van der Waals surface area contributed by atoms with Crippen LogP contribution in [0.25, 0.3) is 0 Å². The van der Waals surface area contributed by atoms with Crippen molar-refractivity contribution in [3.63, 3.8) is 0 Å². The third-order valence-electron chi connectivity index (χ3n) is 5.08. The fourth-order valence-corrected chi connectivity index (χ4v) is 3.76. The Morgan fingerprint density at radius 2 is 2.10 bits per heavy atom. The number of aryl methyl sites for hydroxylation is 1. The van der Waals surface area contributed by atoms with Gasteiger partial charge in [-0.1, -0.05) is 36.8 Å². The molecule has 1 saturated carbocycles. The fraction of sp³-hybridized carbons (Fsp3) is 0.667. The van der Waals surface area contributed by atoms with Gasteiger partial charge in [0.25, 0.3) is 0 Å². The van der Waals surface area contributed by atoms with E-state index < -0.39 is 0 Å². The van der Waals surface area contributed by atoms with Crippen molar-refractivity contribution in [2.75, 3.05) is 19.6 Å². The summed E-state index contributed by atoms with van der Waals surface area (Å²) in [4.78, 5) is 2.58. The molecule has 1 aliphatic carbocycles. The molecule has 0 radical (unpaired) electrons. The highest BCUT2D eigenvalue weighted by Gasteiger charge is 2.32. The fourth-order valence-electron chi connectivity index (χ4n) is 3.76. The van der Waals surface area contributed by atoms with E-state index in [0.29, 0.717) is 0 Å². The van der Waals surface area contributed by atoms with Crippen LogP contribution in [0, 0.1) is 6.92 Å². The molecule has 0 amide bonds. The Balaban J connectivity index is 1.46. The van der Waals surface area contributed by atoms with Crippen molar-refractivity contribution in [1.82, 2.24) is 10.2 Å². The van der Waals surface area contributed by atoms with E-state index in [9.17, 15) is 0 Å². The summed E-state index contributed by atoms with van der Waals surface area (Å²) in [5, 5.41) is 3.89. The molecule has 1 aliphatic heterocycles. The molecule has 20 heavy (non-hydrogen) atoms. The summed E-state index contributed by atoms with van der Waals surface area (Å²) in [7, 11) is 0. The monoisotopic (exact) mass is 272 g/mol. The summed E-state index contributed by atoms with van der Waals surface area (Å²) in [6, 6.07) is 10.5. The highest BCUT2D eigenvalue weighted by Crippen LogP contribution is 2.37. The van der Waals surface area contributed by atoms with Gasteiger partial charge in [-0.2, -0.15) is 0 Å². The van der Waals surface area contributed by atoms with Crippen LogP contribution < -0.4 is 5.32 Å². The third-order valence-corrected chi connectivity index (χ3v) is 5.08. The summed E-state index contributed by atoms with van der Waals surface area (Å²) in [6.45, 7) is 8.22. The molecule has 2 heteroatoms. The van der Waals surface area contributed by atoms with Crippen LogP contribution in [-0.2, 0) is 0 Å². The lowest BCUT2D eigenvalue weighted by Gasteiger charge is -2.41. The summed E-state index contributed by atoms with van der Waals surface area (Å²) in [5.74, 6) is 0.790. The van der Waals surface area contributed by atoms with Crippen LogP contribution in [0.4, 0.5) is 0 Å². The molecular formula is C18H28N2. The van der Waals surface area contributed by atoms with Crippen molar-refractivity contribution >= 4 is 0 Å². The van der Waals surface area contributed by atoms with E-state index in [1.807, 2.05) is 0 Å². The van der Waals surface area contributed by atoms with Crippen LogP contribution in [0.2, 0.25) is 0 Å². The molecular weight excluding hydrogens is 244 g/mol. The lowest BCUT2D eigenvalue weighted by atomic mass is 9.75. The second-order valence-electron chi connectivity index (χ2n) is 6.68. The second kappa shape index (κ2) is 6.28. The van der Waals surface area contributed by atoms with Crippen LogP contribution in [-0.4, -0.2) is 36.6 Å². The Morgan fingerprint density at radius 1 is 1.25 bits per heavy atom. The number of nitrogens with zero attached hydrogens (tertiary/aromatic N) is 1. The molecule has 3 rings (SSSR count). The third kappa shape index (κ3) is 3.24. The van der Waals surface area contributed by atoms with Gasteiger partial charge in [0.2, 0.25) is 0 Å². The van der Waals surface area contributed by atoms with Gasteiger partial charge in [-0.3, -0.25) is 0 Å². The van der Waals surface area contributed by atoms with E-state index >= 15 is 0 Å². The zero-order valence-corrected chi connectivity index (χ0v) is 12.9. The normalized spacial score (nSPS) is 31.0. The number of nitrogens with one attached hydrogen (secondary N) is 1. The molecule has 2 aliphatic rings. The first-order valence-electron chi connectivity index (χ1n) is 8.29. The van der Waals surface area contributed by atoms with E-state index in [1.54, 1.807) is 5.56 Å². The van der Waals surface area contributed by atoms with Gasteiger partial charge in [-0.15, -0.1) is 0 Å². The van der Waals surface area contributed by atoms with Gasteiger partial charge >= 0.3 is 0 Å². The molecule has 1 unspecified atom stereocenters. The highest BCUT2D eigenvalue weighted by molar-refractivity contribution is 5.27. The number of rotatable bonds is 4. The van der Waals surface area contributed by atoms with Crippen LogP contribution in [0.5, 0.6) is 0 Å². The zero-order valence-electron chi connectivity index (χ0n) is 12.9. The summed E-state index contributed by atoms with van der Waals surface area (Å²) in [5.41, 5.74) is 2.94. The van der Waals surface area contributed by atoms with Gasteiger partial charge in [0.05, 0.1) is 0 Å². The van der Waals surface area contributed by atoms with Crippen molar-refractivity contribution in [2.24, 2.45) is 0 Å². The van der Waals surface area contributed by atoms with E-state index in [1.165, 1.54) is 50.9 Å². The van der Waals surface area contributed by atoms with Crippen molar-refractivity contribution in [2.45, 2.75) is 57.5 Å². The van der Waals surface area contributed by atoms with Crippen LogP contribution in [0.3, 0.4) is 0 Å². The van der Waals surface area contributed by atoms with Crippen molar-refractivity contribution in [3.8, 4) is 0 Å². The number of likely N-dealkylation sites (tertiary alicyclic amines) is 1. The predicted molar refractivity (Wildman–Crippen MR) is 85.2 cm³/mol. The van der Waals surface area contributed by atoms with Gasteiger partial charge in [0, 0.05) is 18.6 Å². The maximum absolute atomic E-state index is 3.89. The number of hydrogen-bond donors (Lipinski definition) is 1. The largest absolute Gasteiger partial charge is 0.310 e. The van der Waals surface area contributed by atoms with Crippen molar-refractivity contribution in [1.29, 1.82) is 0 Å². The molecule has 0 spiro atoms. The van der Waals surface area contributed by atoms with Gasteiger partial charge in [-0.05, 0) is 57.2 Å². The molecule has 1 aromatic rings. The Morgan fingerprint density at radius 3 is 2.85 bits per heavy atom. The number of hydrogen-bond acceptors (Lipinski definition) is 2. The molecule has 0 aromatic heterocycles. The molecule has 0 bridgehead atoms. The molecule has 1 aromatic carbocycles. The van der Waals surface area contributed by atoms with E-state index in [4.69, 9.17) is 0 Å². The smallest absolute Gasteiger partial charge is 0.0198 e. The molecule has 2 nitrogen and oxygen atoms in total. The predicted octanol–water partition coefficient (Wildman–Crippen LogP) is 3.31. The first kappa shape index (κ1) is 14.1. The average Bonchev–Trinajstić information content (AvgIpc) is 2.42. The number of likely N-dealkylation sites (N-methyl/N-ethyl adjacent to an activating group) is 1. The number of benzene rings is 1. The van der Waals surface area contributed by atoms with E-state index in [0.717, 1.165) is 18.0 Å². The van der Waals surface area contributed by atoms with Gasteiger partial charge in [0.1, 0.15) is 0 Å². The standard InChI is InChI=1S/C18H28N2/c1-3-20-9-5-8-17(13-20)19-18-11-16(12-18)15-7-4-6-14(2)10-15/h4,6-7,10,16-19H,3,5,8-9,11-13H2,1-2H3. The highest BCUT2D eigenvalue weighted by atomic mass is 15.2. The summed E-state index contributed by atoms with van der Waals surface area (Å²) < 4.78 is 0. The minimum Gasteiger partial charge on any atom is -0.310 e. The summed E-state index contributed by atoms with van der Waals surface area (Å²) >= 11 is 0. The minimum absolute atomic E-state index is 0.729. The lowest BCUT2D eigenvalue weighted by molar-refractivity contribution is 0.167. The van der Waals surface area contributed by atoms with E-state index in [-0.39, 0.29) is 0 Å². The first-order valence-corrected chi connectivity index (χ1v) is 8.29. The average molecular weight is 272 g/mol. The lowest BCUT2D eigenvalue weighted by Crippen LogP contribution is -2.52. The van der Waals surface area contributed by atoms with Gasteiger partial charge in [-0.25, -0.2) is 0 Å². The summed E-state index contributed by atoms with van der Waals surface area (Å²) in [6.07, 6.45) is 5.37. The van der Waals surface area contributed by atoms with Gasteiger partial charge in [0.15, 0.2) is 0 Å². The molecule has 1 saturated heterocycles. The van der Waals surface area contributed by atoms with Crippen LogP contribution in [0.15, 0.2) is 24.3 Å². The molecule has 1 heterocycles. The quantitative estimate of drug-likeness (QED) is 0.904. The molecule has 1 atom stereocenters. The molecule has 2 fully saturated rings. The minimum atomic E-state index is 0.729. The Hall–Kier alpha value is -0.860. The van der Waals surface area contributed by atoms with Gasteiger partial charge < -0.3 is 10.2 Å². The van der Waals surface area contributed by atoms with Crippen molar-refractivity contribution in [3.05, 3.63) is 35.4 Å². The van der Waals surface area contributed by atoms with E-state index in [2.05, 4.69) is 48.3 Å². The molecule has 110 valence electrons. The topological polar surface area (TPSA) is 15.3 Å². The SMILES string of the molecule is CCN1CCCC(NC2CC(c3cccc(C)c3)C2)C1. The Labute approximate surface area is 123 Å². The maximum atomic E-state index is 3.89. The first-order chi connectivity index (χ1) is 9.74. The van der Waals surface area contributed by atoms with Crippen molar-refractivity contribution < 1.29 is 0 Å². The molecule has 1 N–H and O–H groups in total. The Bertz CT molecular complexity index is 437. The maximum Gasteiger partial charge on any atom is 0.0198 e. The second-order valence-corrected chi connectivity index (χ2v) is 6.68. The zero-order chi connectivity index (χ0) is 13.9. The van der Waals surface area contributed by atoms with Crippen LogP contribution in [0.1, 0.15) is 49.7 Å². The van der Waals surface area contributed by atoms with Crippen LogP contribution >= 0.6 is 0 Å². The number of piperidine rings is 1. The Kier molecular flexibility index (Phi) is 4.42.